The Kier molecular flexibility index (Phi) is 2.82. The molecule has 1 aromatic carbocycles. The first-order valence-electron chi connectivity index (χ1n) is 3.51. The van der Waals surface area contributed by atoms with Crippen molar-refractivity contribution in [3.05, 3.63) is 30.1 Å². The molecular formula is C8H7FNO2P. The van der Waals surface area contributed by atoms with Gasteiger partial charge in [-0.25, -0.2) is 4.39 Å². The van der Waals surface area contributed by atoms with Crippen LogP contribution in [0.2, 0.25) is 0 Å². The molecule has 0 amide bonds. The number of halogens is 1. The molecule has 1 N–H and O–H groups in total. The van der Waals surface area contributed by atoms with Gasteiger partial charge in [0, 0.05) is 5.30 Å². The average molecular weight is 199 g/mol. The Morgan fingerprint density at radius 3 is 2.46 bits per heavy atom. The van der Waals surface area contributed by atoms with Crippen molar-refractivity contribution in [2.75, 3.05) is 6.16 Å². The largest absolute Gasteiger partial charge is 0.340 e. The first-order chi connectivity index (χ1) is 6.06. The molecule has 1 unspecified atom stereocenters. The van der Waals surface area contributed by atoms with Crippen molar-refractivity contribution >= 4 is 12.7 Å². The molecule has 0 aliphatic rings. The van der Waals surface area contributed by atoms with E-state index in [4.69, 9.17) is 5.26 Å². The molecule has 1 aromatic rings. The number of nitrogens with zero attached hydrogens (tertiary/aromatic N) is 1. The Morgan fingerprint density at radius 1 is 1.46 bits per heavy atom. The normalized spacial score (nSPS) is 14.5. The van der Waals surface area contributed by atoms with Gasteiger partial charge >= 0.3 is 0 Å². The van der Waals surface area contributed by atoms with E-state index in [0.717, 1.165) is 12.1 Å². The average Bonchev–Trinajstić information content (AvgIpc) is 2.05. The molecule has 13 heavy (non-hydrogen) atoms. The number of hydrogen-bond donors (Lipinski definition) is 1. The number of nitriles is 1. The standard InChI is InChI=1S/C8H7FNO2P/c9-7-1-3-8(4-2-7)13(11,12)6-5-10/h1-4H,6H2,(H,11,12). The summed E-state index contributed by atoms with van der Waals surface area (Å²) in [6.07, 6.45) is -0.446. The summed E-state index contributed by atoms with van der Waals surface area (Å²) in [4.78, 5) is 9.29. The minimum atomic E-state index is -3.59. The highest BCUT2D eigenvalue weighted by Crippen LogP contribution is 2.38. The molecule has 5 heteroatoms. The third kappa shape index (κ3) is 2.38. The zero-order valence-corrected chi connectivity index (χ0v) is 7.54. The van der Waals surface area contributed by atoms with Crippen LogP contribution in [-0.4, -0.2) is 11.1 Å². The van der Waals surface area contributed by atoms with Gasteiger partial charge in [-0.2, -0.15) is 5.26 Å². The third-order valence-corrected chi connectivity index (χ3v) is 3.19. The summed E-state index contributed by atoms with van der Waals surface area (Å²) in [5.74, 6) is -0.472. The van der Waals surface area contributed by atoms with Crippen LogP contribution in [0.3, 0.4) is 0 Å². The van der Waals surface area contributed by atoms with Crippen LogP contribution in [0.5, 0.6) is 0 Å². The molecular weight excluding hydrogens is 192 g/mol. The van der Waals surface area contributed by atoms with Crippen LogP contribution >= 0.6 is 7.37 Å². The lowest BCUT2D eigenvalue weighted by molar-refractivity contribution is 0.493. The minimum absolute atomic E-state index is 0.107. The quantitative estimate of drug-likeness (QED) is 0.729. The van der Waals surface area contributed by atoms with E-state index in [1.165, 1.54) is 12.1 Å². The van der Waals surface area contributed by atoms with Crippen molar-refractivity contribution in [1.82, 2.24) is 0 Å². The zero-order chi connectivity index (χ0) is 9.90. The van der Waals surface area contributed by atoms with Gasteiger partial charge in [0.1, 0.15) is 12.0 Å². The van der Waals surface area contributed by atoms with Crippen LogP contribution in [0.15, 0.2) is 24.3 Å². The maximum absolute atomic E-state index is 12.4. The van der Waals surface area contributed by atoms with Crippen LogP contribution in [0, 0.1) is 17.1 Å². The molecule has 0 heterocycles. The Bertz CT molecular complexity index is 382. The van der Waals surface area contributed by atoms with Gasteiger partial charge in [0.2, 0.25) is 7.37 Å². The second-order valence-electron chi connectivity index (χ2n) is 2.49. The molecule has 0 aliphatic carbocycles. The maximum atomic E-state index is 12.4. The first-order valence-corrected chi connectivity index (χ1v) is 5.35. The molecule has 1 atom stereocenters. The number of benzene rings is 1. The van der Waals surface area contributed by atoms with Crippen LogP contribution in [0.4, 0.5) is 4.39 Å². The van der Waals surface area contributed by atoms with E-state index in [0.29, 0.717) is 0 Å². The zero-order valence-electron chi connectivity index (χ0n) is 6.64. The summed E-state index contributed by atoms with van der Waals surface area (Å²) in [6, 6.07) is 6.23. The molecule has 68 valence electrons. The second kappa shape index (κ2) is 3.69. The molecule has 0 radical (unpaired) electrons. The van der Waals surface area contributed by atoms with Gasteiger partial charge in [0.25, 0.3) is 0 Å². The van der Waals surface area contributed by atoms with E-state index in [-0.39, 0.29) is 5.30 Å². The van der Waals surface area contributed by atoms with Crippen LogP contribution in [-0.2, 0) is 4.57 Å². The fourth-order valence-corrected chi connectivity index (χ4v) is 1.85. The number of rotatable bonds is 2. The Balaban J connectivity index is 3.03. The molecule has 0 saturated heterocycles. The predicted molar refractivity (Wildman–Crippen MR) is 46.3 cm³/mol. The van der Waals surface area contributed by atoms with Gasteiger partial charge < -0.3 is 4.89 Å². The summed E-state index contributed by atoms with van der Waals surface area (Å²) in [5.41, 5.74) is 0. The van der Waals surface area contributed by atoms with Crippen molar-refractivity contribution in [2.45, 2.75) is 0 Å². The lowest BCUT2D eigenvalue weighted by Crippen LogP contribution is -2.06. The second-order valence-corrected chi connectivity index (χ2v) is 4.73. The Morgan fingerprint density at radius 2 is 2.00 bits per heavy atom. The summed E-state index contributed by atoms with van der Waals surface area (Å²) in [6.45, 7) is 0. The van der Waals surface area contributed by atoms with Crippen LogP contribution < -0.4 is 5.30 Å². The summed E-state index contributed by atoms with van der Waals surface area (Å²) in [5, 5.41) is 8.37. The smallest absolute Gasteiger partial charge is 0.243 e. The molecule has 0 spiro atoms. The van der Waals surface area contributed by atoms with Gasteiger partial charge in [0.05, 0.1) is 6.07 Å². The SMILES string of the molecule is N#CCP(=O)(O)c1ccc(F)cc1. The van der Waals surface area contributed by atoms with E-state index in [1.807, 2.05) is 0 Å². The molecule has 0 aliphatic heterocycles. The lowest BCUT2D eigenvalue weighted by atomic mass is 10.4. The Hall–Kier alpha value is -1.17. The monoisotopic (exact) mass is 199 g/mol. The van der Waals surface area contributed by atoms with Gasteiger partial charge in [-0.3, -0.25) is 4.57 Å². The topological polar surface area (TPSA) is 61.1 Å². The first kappa shape index (κ1) is 9.91. The molecule has 0 saturated carbocycles. The summed E-state index contributed by atoms with van der Waals surface area (Å²) >= 11 is 0. The van der Waals surface area contributed by atoms with Crippen molar-refractivity contribution in [1.29, 1.82) is 5.26 Å². The van der Waals surface area contributed by atoms with Gasteiger partial charge in [0.15, 0.2) is 0 Å². The van der Waals surface area contributed by atoms with Crippen molar-refractivity contribution in [2.24, 2.45) is 0 Å². The van der Waals surface area contributed by atoms with E-state index in [1.54, 1.807) is 6.07 Å². The van der Waals surface area contributed by atoms with E-state index >= 15 is 0 Å². The van der Waals surface area contributed by atoms with Crippen LogP contribution in [0.1, 0.15) is 0 Å². The van der Waals surface area contributed by atoms with Gasteiger partial charge in [-0.05, 0) is 24.3 Å². The van der Waals surface area contributed by atoms with Gasteiger partial charge in [-0.1, -0.05) is 0 Å². The van der Waals surface area contributed by atoms with Crippen molar-refractivity contribution in [3.63, 3.8) is 0 Å². The summed E-state index contributed by atoms with van der Waals surface area (Å²) < 4.78 is 23.8. The fraction of sp³-hybridized carbons (Fsp3) is 0.125. The Labute approximate surface area is 74.9 Å². The highest BCUT2D eigenvalue weighted by Gasteiger charge is 2.20. The molecule has 0 fully saturated rings. The van der Waals surface area contributed by atoms with Crippen molar-refractivity contribution < 1.29 is 13.8 Å². The van der Waals surface area contributed by atoms with E-state index in [9.17, 15) is 13.8 Å². The van der Waals surface area contributed by atoms with Crippen LogP contribution in [0.25, 0.3) is 0 Å². The van der Waals surface area contributed by atoms with Crippen molar-refractivity contribution in [3.8, 4) is 6.07 Å². The molecule has 0 bridgehead atoms. The lowest BCUT2D eigenvalue weighted by Gasteiger charge is -2.06. The fourth-order valence-electron chi connectivity index (χ4n) is 0.861. The molecule has 3 nitrogen and oxygen atoms in total. The summed E-state index contributed by atoms with van der Waals surface area (Å²) in [7, 11) is -3.59. The highest BCUT2D eigenvalue weighted by atomic mass is 31.2. The predicted octanol–water partition coefficient (Wildman–Crippen LogP) is 1.24. The number of hydrogen-bond acceptors (Lipinski definition) is 2. The maximum Gasteiger partial charge on any atom is 0.243 e. The molecule has 0 aromatic heterocycles. The highest BCUT2D eigenvalue weighted by molar-refractivity contribution is 7.66. The van der Waals surface area contributed by atoms with Gasteiger partial charge in [-0.15, -0.1) is 0 Å². The van der Waals surface area contributed by atoms with E-state index in [2.05, 4.69) is 0 Å². The minimum Gasteiger partial charge on any atom is -0.340 e. The van der Waals surface area contributed by atoms with E-state index < -0.39 is 19.3 Å². The molecule has 1 rings (SSSR count). The third-order valence-electron chi connectivity index (χ3n) is 1.52.